The molecule has 1 fully saturated rings. The number of nitrogens with zero attached hydrogens (tertiary/aromatic N) is 4. The van der Waals surface area contributed by atoms with E-state index in [9.17, 15) is 5.26 Å². The van der Waals surface area contributed by atoms with Crippen molar-refractivity contribution in [3.8, 4) is 6.07 Å². The van der Waals surface area contributed by atoms with E-state index in [1.54, 1.807) is 6.20 Å². The van der Waals surface area contributed by atoms with Crippen LogP contribution in [0.2, 0.25) is 0 Å². The number of hydrogen-bond donors (Lipinski definition) is 3. The molecular weight excluding hydrogens is 354 g/mol. The van der Waals surface area contributed by atoms with Crippen molar-refractivity contribution in [1.29, 1.82) is 5.26 Å². The lowest BCUT2D eigenvalue weighted by molar-refractivity contribution is 0.315. The van der Waals surface area contributed by atoms with Gasteiger partial charge in [-0.25, -0.2) is 4.63 Å². The Bertz CT molecular complexity index is 1080. The number of rotatable bonds is 3. The van der Waals surface area contributed by atoms with Crippen LogP contribution in [-0.2, 0) is 0 Å². The molecular formula is C20H21N7O. The molecule has 0 bridgehead atoms. The third-order valence-corrected chi connectivity index (χ3v) is 6.11. The van der Waals surface area contributed by atoms with Crippen molar-refractivity contribution in [2.45, 2.75) is 37.6 Å². The third kappa shape index (κ3) is 2.59. The Morgan fingerprint density at radius 3 is 2.82 bits per heavy atom. The van der Waals surface area contributed by atoms with Crippen molar-refractivity contribution in [1.82, 2.24) is 25.8 Å². The minimum Gasteiger partial charge on any atom is -0.343 e. The zero-order chi connectivity index (χ0) is 19.1. The highest BCUT2D eigenvalue weighted by Crippen LogP contribution is 2.45. The second-order valence-corrected chi connectivity index (χ2v) is 7.51. The van der Waals surface area contributed by atoms with Crippen molar-refractivity contribution < 1.29 is 4.63 Å². The lowest BCUT2D eigenvalue weighted by Gasteiger charge is -2.34. The van der Waals surface area contributed by atoms with E-state index in [0.29, 0.717) is 23.0 Å². The highest BCUT2D eigenvalue weighted by molar-refractivity contribution is 5.80. The normalized spacial score (nSPS) is 24.6. The summed E-state index contributed by atoms with van der Waals surface area (Å²) in [4.78, 5) is 0. The van der Waals surface area contributed by atoms with Gasteiger partial charge in [0.25, 0.3) is 0 Å². The number of allylic oxidation sites excluding steroid dienone is 2. The van der Waals surface area contributed by atoms with Gasteiger partial charge in [-0.1, -0.05) is 12.1 Å². The van der Waals surface area contributed by atoms with Crippen molar-refractivity contribution in [2.24, 2.45) is 5.92 Å². The van der Waals surface area contributed by atoms with Gasteiger partial charge in [0.1, 0.15) is 16.9 Å². The van der Waals surface area contributed by atoms with Gasteiger partial charge in [-0.05, 0) is 54.7 Å². The van der Waals surface area contributed by atoms with Gasteiger partial charge in [0, 0.05) is 23.2 Å². The van der Waals surface area contributed by atoms with Crippen molar-refractivity contribution in [2.75, 3.05) is 12.4 Å². The van der Waals surface area contributed by atoms with Crippen LogP contribution in [-0.4, -0.2) is 33.6 Å². The van der Waals surface area contributed by atoms with Crippen LogP contribution >= 0.6 is 0 Å². The Kier molecular flexibility index (Phi) is 4.10. The van der Waals surface area contributed by atoms with E-state index >= 15 is 0 Å². The van der Waals surface area contributed by atoms with E-state index in [2.05, 4.69) is 37.2 Å². The van der Waals surface area contributed by atoms with E-state index < -0.39 is 0 Å². The molecule has 0 radical (unpaired) electrons. The molecule has 1 unspecified atom stereocenters. The highest BCUT2D eigenvalue weighted by atomic mass is 16.6. The minimum atomic E-state index is -0.243. The van der Waals surface area contributed by atoms with Crippen LogP contribution in [0.15, 0.2) is 40.3 Å². The summed E-state index contributed by atoms with van der Waals surface area (Å²) in [5.74, 6) is 0.934. The van der Waals surface area contributed by atoms with Crippen molar-refractivity contribution in [3.05, 3.63) is 46.8 Å². The number of benzene rings is 1. The number of H-pyrrole nitrogens is 1. The fourth-order valence-corrected chi connectivity index (χ4v) is 4.63. The average Bonchev–Trinajstić information content (AvgIpc) is 3.41. The topological polar surface area (TPSA) is 115 Å². The molecule has 0 amide bonds. The lowest BCUT2D eigenvalue weighted by atomic mass is 9.76. The molecule has 2 aromatic heterocycles. The number of hydrogen-bond acceptors (Lipinski definition) is 7. The molecule has 3 N–H and O–H groups in total. The summed E-state index contributed by atoms with van der Waals surface area (Å²) in [5.41, 5.74) is 4.98. The Hall–Kier alpha value is -3.18. The molecule has 8 nitrogen and oxygen atoms in total. The van der Waals surface area contributed by atoms with Crippen LogP contribution in [0.3, 0.4) is 0 Å². The van der Waals surface area contributed by atoms with Gasteiger partial charge in [0.05, 0.1) is 23.8 Å². The van der Waals surface area contributed by atoms with Crippen LogP contribution in [0, 0.1) is 17.2 Å². The van der Waals surface area contributed by atoms with E-state index in [1.165, 1.54) is 0 Å². The first-order valence-electron chi connectivity index (χ1n) is 9.63. The molecule has 2 aliphatic rings. The Labute approximate surface area is 162 Å². The number of aromatic nitrogens is 4. The number of fused-ring (bicyclic) bond motifs is 2. The summed E-state index contributed by atoms with van der Waals surface area (Å²) in [6.07, 6.45) is 6.09. The molecule has 8 heteroatoms. The van der Waals surface area contributed by atoms with E-state index in [-0.39, 0.29) is 5.92 Å². The maximum absolute atomic E-state index is 10.2. The standard InChI is InChI=1S/C20H21N7O/c1-22-12-7-5-11(6-8-12)18-14(9-21)17(15-10-23-25-20(15)24-18)13-3-2-4-16-19(13)27-28-26-16/h2-4,10-12,17,22H,5-8H2,1H3,(H2,23,24,25). The average molecular weight is 375 g/mol. The van der Waals surface area contributed by atoms with Crippen LogP contribution in [0.1, 0.15) is 42.7 Å². The highest BCUT2D eigenvalue weighted by Gasteiger charge is 2.36. The molecule has 0 spiro atoms. The van der Waals surface area contributed by atoms with Gasteiger partial charge in [-0.15, -0.1) is 0 Å². The number of nitrogens with one attached hydrogen (secondary N) is 3. The molecule has 1 atom stereocenters. The fraction of sp³-hybridized carbons (Fsp3) is 0.400. The van der Waals surface area contributed by atoms with Gasteiger partial charge in [0.15, 0.2) is 0 Å². The van der Waals surface area contributed by atoms with E-state index in [1.807, 2.05) is 25.2 Å². The summed E-state index contributed by atoms with van der Waals surface area (Å²) in [7, 11) is 2.02. The predicted octanol–water partition coefficient (Wildman–Crippen LogP) is 3.06. The molecule has 1 saturated carbocycles. The number of nitriles is 1. The SMILES string of the molecule is CNC1CCC(C2=C(C#N)C(c3cccc4nonc34)c3cn[nH]c3N2)CC1. The summed E-state index contributed by atoms with van der Waals surface area (Å²) in [6.45, 7) is 0. The van der Waals surface area contributed by atoms with E-state index in [4.69, 9.17) is 4.63 Å². The molecule has 28 heavy (non-hydrogen) atoms. The first-order valence-corrected chi connectivity index (χ1v) is 9.63. The Balaban J connectivity index is 1.64. The number of anilines is 1. The maximum atomic E-state index is 10.2. The third-order valence-electron chi connectivity index (χ3n) is 6.11. The summed E-state index contributed by atoms with van der Waals surface area (Å²) >= 11 is 0. The fourth-order valence-electron chi connectivity index (χ4n) is 4.63. The smallest absolute Gasteiger partial charge is 0.139 e. The first-order chi connectivity index (χ1) is 13.8. The van der Waals surface area contributed by atoms with Gasteiger partial charge in [0.2, 0.25) is 0 Å². The summed E-state index contributed by atoms with van der Waals surface area (Å²) in [5, 5.41) is 32.4. The van der Waals surface area contributed by atoms with Crippen LogP contribution < -0.4 is 10.6 Å². The molecule has 3 heterocycles. The Morgan fingerprint density at radius 1 is 1.18 bits per heavy atom. The largest absolute Gasteiger partial charge is 0.343 e. The second-order valence-electron chi connectivity index (χ2n) is 7.51. The quantitative estimate of drug-likeness (QED) is 0.644. The number of aromatic amines is 1. The van der Waals surface area contributed by atoms with Gasteiger partial charge < -0.3 is 10.6 Å². The molecule has 3 aromatic rings. The van der Waals surface area contributed by atoms with Crippen molar-refractivity contribution in [3.63, 3.8) is 0 Å². The predicted molar refractivity (Wildman–Crippen MR) is 103 cm³/mol. The first kappa shape index (κ1) is 17.0. The molecule has 1 aliphatic heterocycles. The van der Waals surface area contributed by atoms with Gasteiger partial charge >= 0.3 is 0 Å². The summed E-state index contributed by atoms with van der Waals surface area (Å²) < 4.78 is 4.96. The van der Waals surface area contributed by atoms with Crippen LogP contribution in [0.25, 0.3) is 11.0 Å². The van der Waals surface area contributed by atoms with Gasteiger partial charge in [-0.3, -0.25) is 5.10 Å². The maximum Gasteiger partial charge on any atom is 0.139 e. The van der Waals surface area contributed by atoms with Crippen LogP contribution in [0.4, 0.5) is 5.82 Å². The zero-order valence-corrected chi connectivity index (χ0v) is 15.6. The molecule has 1 aromatic carbocycles. The zero-order valence-electron chi connectivity index (χ0n) is 15.6. The Morgan fingerprint density at radius 2 is 2.04 bits per heavy atom. The molecule has 5 rings (SSSR count). The van der Waals surface area contributed by atoms with Crippen LogP contribution in [0.5, 0.6) is 0 Å². The molecule has 1 aliphatic carbocycles. The lowest BCUT2D eigenvalue weighted by Crippen LogP contribution is -2.33. The molecule has 142 valence electrons. The van der Waals surface area contributed by atoms with Gasteiger partial charge in [-0.2, -0.15) is 10.4 Å². The van der Waals surface area contributed by atoms with E-state index in [0.717, 1.165) is 53.9 Å². The molecule has 0 saturated heterocycles. The monoisotopic (exact) mass is 375 g/mol. The van der Waals surface area contributed by atoms with Crippen molar-refractivity contribution >= 4 is 16.9 Å². The summed E-state index contributed by atoms with van der Waals surface area (Å²) in [6, 6.07) is 8.83. The minimum absolute atomic E-state index is 0.243. The second kappa shape index (κ2) is 6.77.